The molecule has 1 heterocycles. The summed E-state index contributed by atoms with van der Waals surface area (Å²) in [6, 6.07) is 3.21. The normalized spacial score (nSPS) is 12.0. The second-order valence-electron chi connectivity index (χ2n) is 4.99. The summed E-state index contributed by atoms with van der Waals surface area (Å²) in [6.45, 7) is 4.94. The summed E-state index contributed by atoms with van der Waals surface area (Å²) < 4.78 is 6.81. The minimum atomic E-state index is -0.261. The van der Waals surface area contributed by atoms with Crippen molar-refractivity contribution in [1.82, 2.24) is 9.88 Å². The molecule has 1 amide bonds. The average Bonchev–Trinajstić information content (AvgIpc) is 2.48. The van der Waals surface area contributed by atoms with Crippen LogP contribution in [-0.4, -0.2) is 29.7 Å². The molecular weight excluding hydrogens is 270 g/mol. The predicted molar refractivity (Wildman–Crippen MR) is 82.4 cm³/mol. The molecule has 0 aliphatic carbocycles. The van der Waals surface area contributed by atoms with Gasteiger partial charge >= 0.3 is 0 Å². The number of hydrogen-bond acceptors (Lipinski definition) is 4. The summed E-state index contributed by atoms with van der Waals surface area (Å²) in [5.74, 6) is -0.0463. The van der Waals surface area contributed by atoms with Gasteiger partial charge in [0, 0.05) is 25.3 Å². The first-order chi connectivity index (χ1) is 10.1. The minimum absolute atomic E-state index is 0.0738. The SMILES string of the molecule is CCCCNC(=O)COc1cccn(CC(N)CC)c1=O. The molecule has 6 nitrogen and oxygen atoms in total. The van der Waals surface area contributed by atoms with E-state index in [1.165, 1.54) is 4.57 Å². The molecule has 1 aromatic heterocycles. The molecule has 0 aliphatic heterocycles. The third-order valence-corrected chi connectivity index (χ3v) is 3.15. The molecule has 0 bridgehead atoms. The van der Waals surface area contributed by atoms with Crippen molar-refractivity contribution < 1.29 is 9.53 Å². The number of rotatable bonds is 9. The van der Waals surface area contributed by atoms with E-state index >= 15 is 0 Å². The van der Waals surface area contributed by atoms with Crippen molar-refractivity contribution >= 4 is 5.91 Å². The molecule has 1 aromatic rings. The number of ether oxygens (including phenoxy) is 1. The highest BCUT2D eigenvalue weighted by atomic mass is 16.5. The van der Waals surface area contributed by atoms with Gasteiger partial charge in [-0.25, -0.2) is 0 Å². The van der Waals surface area contributed by atoms with E-state index in [9.17, 15) is 9.59 Å². The first-order valence-corrected chi connectivity index (χ1v) is 7.43. The van der Waals surface area contributed by atoms with Gasteiger partial charge in [0.25, 0.3) is 11.5 Å². The maximum absolute atomic E-state index is 12.1. The van der Waals surface area contributed by atoms with Crippen LogP contribution in [0.3, 0.4) is 0 Å². The number of nitrogens with one attached hydrogen (secondary N) is 1. The fraction of sp³-hybridized carbons (Fsp3) is 0.600. The molecule has 118 valence electrons. The molecule has 3 N–H and O–H groups in total. The van der Waals surface area contributed by atoms with Crippen LogP contribution in [0.25, 0.3) is 0 Å². The number of unbranched alkanes of at least 4 members (excludes halogenated alkanes) is 1. The van der Waals surface area contributed by atoms with Crippen LogP contribution in [0.5, 0.6) is 5.75 Å². The largest absolute Gasteiger partial charge is 0.478 e. The lowest BCUT2D eigenvalue weighted by Gasteiger charge is -2.13. The van der Waals surface area contributed by atoms with E-state index in [1.807, 2.05) is 6.92 Å². The highest BCUT2D eigenvalue weighted by Crippen LogP contribution is 2.02. The van der Waals surface area contributed by atoms with Crippen molar-refractivity contribution in [2.24, 2.45) is 5.73 Å². The molecule has 21 heavy (non-hydrogen) atoms. The van der Waals surface area contributed by atoms with Crippen molar-refractivity contribution in [2.45, 2.75) is 45.7 Å². The Morgan fingerprint density at radius 3 is 2.90 bits per heavy atom. The second kappa shape index (κ2) is 9.18. The Hall–Kier alpha value is -1.82. The lowest BCUT2D eigenvalue weighted by atomic mass is 10.2. The number of nitrogens with zero attached hydrogens (tertiary/aromatic N) is 1. The van der Waals surface area contributed by atoms with Gasteiger partial charge < -0.3 is 20.4 Å². The summed E-state index contributed by atoms with van der Waals surface area (Å²) in [5.41, 5.74) is 5.59. The topological polar surface area (TPSA) is 86.3 Å². The molecule has 0 fully saturated rings. The van der Waals surface area contributed by atoms with Crippen LogP contribution in [-0.2, 0) is 11.3 Å². The number of nitrogens with two attached hydrogens (primary N) is 1. The zero-order chi connectivity index (χ0) is 15.7. The van der Waals surface area contributed by atoms with Gasteiger partial charge in [0.15, 0.2) is 12.4 Å². The van der Waals surface area contributed by atoms with Gasteiger partial charge in [-0.05, 0) is 25.0 Å². The Kier molecular flexibility index (Phi) is 7.53. The van der Waals surface area contributed by atoms with Gasteiger partial charge in [0.05, 0.1) is 0 Å². The summed E-state index contributed by atoms with van der Waals surface area (Å²) >= 11 is 0. The molecule has 6 heteroatoms. The predicted octanol–water partition coefficient (Wildman–Crippen LogP) is 0.881. The van der Waals surface area contributed by atoms with Crippen LogP contribution in [0, 0.1) is 0 Å². The lowest BCUT2D eigenvalue weighted by molar-refractivity contribution is -0.123. The van der Waals surface area contributed by atoms with Crippen LogP contribution < -0.4 is 21.3 Å². The molecule has 0 radical (unpaired) electrons. The third-order valence-electron chi connectivity index (χ3n) is 3.15. The third kappa shape index (κ3) is 5.99. The zero-order valence-electron chi connectivity index (χ0n) is 12.8. The van der Waals surface area contributed by atoms with Crippen LogP contribution in [0.1, 0.15) is 33.1 Å². The second-order valence-corrected chi connectivity index (χ2v) is 4.99. The molecular formula is C15H25N3O3. The van der Waals surface area contributed by atoms with E-state index in [4.69, 9.17) is 10.5 Å². The van der Waals surface area contributed by atoms with E-state index in [2.05, 4.69) is 12.2 Å². The van der Waals surface area contributed by atoms with Crippen LogP contribution >= 0.6 is 0 Å². The molecule has 0 saturated carbocycles. The fourth-order valence-corrected chi connectivity index (χ4v) is 1.75. The van der Waals surface area contributed by atoms with E-state index in [0.29, 0.717) is 13.1 Å². The highest BCUT2D eigenvalue weighted by molar-refractivity contribution is 5.77. The summed E-state index contributed by atoms with van der Waals surface area (Å²) in [6.07, 6.45) is 4.41. The van der Waals surface area contributed by atoms with Gasteiger partial charge in [-0.1, -0.05) is 20.3 Å². The number of hydrogen-bond donors (Lipinski definition) is 2. The van der Waals surface area contributed by atoms with E-state index in [0.717, 1.165) is 19.3 Å². The Morgan fingerprint density at radius 1 is 1.48 bits per heavy atom. The Morgan fingerprint density at radius 2 is 2.24 bits per heavy atom. The van der Waals surface area contributed by atoms with Crippen LogP contribution in [0.2, 0.25) is 0 Å². The number of carbonyl (C=O) groups is 1. The van der Waals surface area contributed by atoms with Crippen molar-refractivity contribution in [3.63, 3.8) is 0 Å². The maximum atomic E-state index is 12.1. The van der Waals surface area contributed by atoms with Gasteiger partial charge in [-0.15, -0.1) is 0 Å². The number of pyridine rings is 1. The lowest BCUT2D eigenvalue weighted by Crippen LogP contribution is -2.33. The van der Waals surface area contributed by atoms with E-state index in [1.54, 1.807) is 18.3 Å². The monoisotopic (exact) mass is 295 g/mol. The minimum Gasteiger partial charge on any atom is -0.478 e. The molecule has 0 saturated heterocycles. The van der Waals surface area contributed by atoms with Gasteiger partial charge in [0.1, 0.15) is 0 Å². The number of amides is 1. The number of carbonyl (C=O) groups excluding carboxylic acids is 1. The number of aromatic nitrogens is 1. The molecule has 1 atom stereocenters. The quantitative estimate of drug-likeness (QED) is 0.662. The molecule has 0 aliphatic rings. The smallest absolute Gasteiger partial charge is 0.292 e. The van der Waals surface area contributed by atoms with Gasteiger partial charge in [-0.2, -0.15) is 0 Å². The molecule has 1 rings (SSSR count). The first-order valence-electron chi connectivity index (χ1n) is 7.43. The van der Waals surface area contributed by atoms with E-state index in [-0.39, 0.29) is 29.9 Å². The summed E-state index contributed by atoms with van der Waals surface area (Å²) in [7, 11) is 0. The van der Waals surface area contributed by atoms with Gasteiger partial charge in [0.2, 0.25) is 0 Å². The maximum Gasteiger partial charge on any atom is 0.292 e. The first kappa shape index (κ1) is 17.2. The standard InChI is InChI=1S/C15H25N3O3/c1-3-5-8-17-14(19)11-21-13-7-6-9-18(15(13)20)10-12(16)4-2/h6-7,9,12H,3-5,8,10-11,16H2,1-2H3,(H,17,19). The van der Waals surface area contributed by atoms with Crippen molar-refractivity contribution in [3.8, 4) is 5.75 Å². The fourth-order valence-electron chi connectivity index (χ4n) is 1.75. The van der Waals surface area contributed by atoms with Crippen molar-refractivity contribution in [2.75, 3.05) is 13.2 Å². The Labute approximate surface area is 125 Å². The molecule has 1 unspecified atom stereocenters. The summed E-state index contributed by atoms with van der Waals surface area (Å²) in [5, 5.41) is 2.74. The highest BCUT2D eigenvalue weighted by Gasteiger charge is 2.09. The van der Waals surface area contributed by atoms with Crippen LogP contribution in [0.15, 0.2) is 23.1 Å². The Balaban J connectivity index is 2.57. The molecule has 0 spiro atoms. The van der Waals surface area contributed by atoms with Crippen LogP contribution in [0.4, 0.5) is 0 Å². The Bertz CT molecular complexity index is 499. The molecule has 0 aromatic carbocycles. The van der Waals surface area contributed by atoms with Gasteiger partial charge in [-0.3, -0.25) is 9.59 Å². The van der Waals surface area contributed by atoms with Crippen molar-refractivity contribution in [3.05, 3.63) is 28.7 Å². The van der Waals surface area contributed by atoms with Crippen molar-refractivity contribution in [1.29, 1.82) is 0 Å². The van der Waals surface area contributed by atoms with E-state index < -0.39 is 0 Å². The summed E-state index contributed by atoms with van der Waals surface area (Å²) in [4.78, 5) is 23.7. The zero-order valence-corrected chi connectivity index (χ0v) is 12.8. The average molecular weight is 295 g/mol.